The Morgan fingerprint density at radius 2 is 1.15 bits per heavy atom. The molecule has 0 saturated heterocycles. The van der Waals surface area contributed by atoms with Crippen LogP contribution in [0.5, 0.6) is 11.5 Å². The van der Waals surface area contributed by atoms with Gasteiger partial charge in [-0.15, -0.1) is 10.2 Å². The molecule has 6 aromatic rings. The van der Waals surface area contributed by atoms with Gasteiger partial charge in [0.25, 0.3) is 20.2 Å². The summed E-state index contributed by atoms with van der Waals surface area (Å²) in [5, 5.41) is 37.9. The molecule has 0 amide bonds. The number of aromatic hydroxyl groups is 2. The van der Waals surface area contributed by atoms with Gasteiger partial charge in [0.1, 0.15) is 37.9 Å². The number of phenols is 2. The second kappa shape index (κ2) is 16.0. The fourth-order valence-corrected chi connectivity index (χ4v) is 6.95. The van der Waals surface area contributed by atoms with E-state index in [0.717, 1.165) is 12.1 Å². The Kier molecular flexibility index (Phi) is 11.8. The zero-order chi connectivity index (χ0) is 38.9. The predicted octanol–water partition coefficient (Wildman–Crippen LogP) is 5.10. The summed E-state index contributed by atoms with van der Waals surface area (Å²) < 4.78 is 69.7. The molecular formula is C36H26N6NaO10S2+. The van der Waals surface area contributed by atoms with Gasteiger partial charge in [-0.1, -0.05) is 36.4 Å². The van der Waals surface area contributed by atoms with Crippen LogP contribution in [0.15, 0.2) is 115 Å². The molecule has 4 aromatic carbocycles. The molecule has 272 valence electrons. The molecule has 55 heavy (non-hydrogen) atoms. The third kappa shape index (κ3) is 8.71. The van der Waals surface area contributed by atoms with Crippen LogP contribution in [0, 0.1) is 0 Å². The first-order valence-corrected chi connectivity index (χ1v) is 18.4. The van der Waals surface area contributed by atoms with Gasteiger partial charge in [-0.25, -0.2) is 0 Å². The number of phenolic OH excluding ortho intramolecular Hbond substituents is 2. The summed E-state index contributed by atoms with van der Waals surface area (Å²) in [7, 11) is -9.80. The zero-order valence-electron chi connectivity index (χ0n) is 29.0. The van der Waals surface area contributed by atoms with Gasteiger partial charge in [-0.2, -0.15) is 27.1 Å². The minimum Gasteiger partial charge on any atom is -0.506 e. The molecule has 0 bridgehead atoms. The summed E-state index contributed by atoms with van der Waals surface area (Å²) in [5.41, 5.74) is 0.0789. The molecule has 0 spiro atoms. The Morgan fingerprint density at radius 1 is 0.636 bits per heavy atom. The van der Waals surface area contributed by atoms with Crippen LogP contribution in [-0.2, 0) is 20.2 Å². The molecule has 0 saturated carbocycles. The van der Waals surface area contributed by atoms with Gasteiger partial charge < -0.3 is 10.2 Å². The number of pyridine rings is 2. The van der Waals surface area contributed by atoms with E-state index in [1.54, 1.807) is 24.3 Å². The van der Waals surface area contributed by atoms with Crippen LogP contribution in [0.4, 0.5) is 22.7 Å². The van der Waals surface area contributed by atoms with Crippen LogP contribution in [0.2, 0.25) is 0 Å². The Labute approximate surface area is 334 Å². The molecule has 16 nitrogen and oxygen atoms in total. The van der Waals surface area contributed by atoms with E-state index in [0.29, 0.717) is 10.8 Å². The average Bonchev–Trinajstić information content (AvgIpc) is 3.12. The average molecular weight is 790 g/mol. The quantitative estimate of drug-likeness (QED) is 0.0465. The number of nitrogens with zero attached hydrogens (tertiary/aromatic N) is 6. The first-order valence-electron chi connectivity index (χ1n) is 15.5. The summed E-state index contributed by atoms with van der Waals surface area (Å²) in [6.07, 6.45) is 5.19. The number of carbonyl (C=O) groups is 2. The molecule has 2 aromatic heterocycles. The Bertz CT molecular complexity index is 2880. The summed E-state index contributed by atoms with van der Waals surface area (Å²) in [4.78, 5) is 31.6. The first-order chi connectivity index (χ1) is 25.5. The molecular weight excluding hydrogens is 764 g/mol. The topological polar surface area (TPSA) is 259 Å². The van der Waals surface area contributed by atoms with E-state index in [1.165, 1.54) is 74.8 Å². The van der Waals surface area contributed by atoms with Crippen molar-refractivity contribution in [3.63, 3.8) is 0 Å². The summed E-state index contributed by atoms with van der Waals surface area (Å²) >= 11 is 0. The van der Waals surface area contributed by atoms with Crippen molar-refractivity contribution in [1.82, 2.24) is 9.97 Å². The van der Waals surface area contributed by atoms with Crippen LogP contribution >= 0.6 is 0 Å². The largest absolute Gasteiger partial charge is 1.00 e. The van der Waals surface area contributed by atoms with Crippen molar-refractivity contribution >= 4 is 88.5 Å². The molecule has 6 rings (SSSR count). The van der Waals surface area contributed by atoms with Crippen molar-refractivity contribution in [2.75, 3.05) is 0 Å². The standard InChI is InChI=1S/C36H26N6O10S2.Na/c1-19(43)27-17-29(36(46)35-25(27)5-3-14-38-35)42-40-24-12-10-22(32(16-24)54(50,51)52)8-7-21-9-11-23(15-31(21)53(47,48)49)39-41-28-18-30(45)34-26(6-4-13-37-34)33(28)20(2)44;/h3-18,45-46H,1-2H3,(H,47,48,49)(H,50,51,52);/q;+1/b8-7+,41-39?,42-40?;. The van der Waals surface area contributed by atoms with E-state index in [9.17, 15) is 45.7 Å². The van der Waals surface area contributed by atoms with Crippen LogP contribution < -0.4 is 29.6 Å². The molecule has 0 unspecified atom stereocenters. The van der Waals surface area contributed by atoms with Crippen LogP contribution in [0.3, 0.4) is 0 Å². The van der Waals surface area contributed by atoms with Gasteiger partial charge in [-0.3, -0.25) is 28.7 Å². The maximum atomic E-state index is 12.5. The summed E-state index contributed by atoms with van der Waals surface area (Å²) in [6.45, 7) is 2.62. The number of benzene rings is 4. The molecule has 4 N–H and O–H groups in total. The van der Waals surface area contributed by atoms with Crippen molar-refractivity contribution in [3.8, 4) is 11.5 Å². The number of ketones is 2. The van der Waals surface area contributed by atoms with Crippen molar-refractivity contribution in [2.24, 2.45) is 20.5 Å². The number of fused-ring (bicyclic) bond motifs is 2. The van der Waals surface area contributed by atoms with Crippen LogP contribution in [0.25, 0.3) is 34.0 Å². The third-order valence-corrected chi connectivity index (χ3v) is 9.78. The van der Waals surface area contributed by atoms with E-state index in [-0.39, 0.29) is 103 Å². The fourth-order valence-electron chi connectivity index (χ4n) is 5.55. The number of hydrogen-bond donors (Lipinski definition) is 4. The van der Waals surface area contributed by atoms with Gasteiger partial charge in [0, 0.05) is 34.8 Å². The third-order valence-electron chi connectivity index (χ3n) is 7.97. The van der Waals surface area contributed by atoms with Gasteiger partial charge in [0.05, 0.1) is 16.9 Å². The Hall–Kier alpha value is -5.60. The molecule has 0 aliphatic carbocycles. The van der Waals surface area contributed by atoms with Crippen molar-refractivity contribution in [3.05, 3.63) is 107 Å². The molecule has 0 aliphatic heterocycles. The second-order valence-electron chi connectivity index (χ2n) is 11.6. The number of rotatable bonds is 10. The van der Waals surface area contributed by atoms with E-state index in [1.807, 2.05) is 0 Å². The van der Waals surface area contributed by atoms with E-state index < -0.39 is 35.8 Å². The number of carbonyl (C=O) groups excluding carboxylic acids is 2. The van der Waals surface area contributed by atoms with Crippen LogP contribution in [-0.4, -0.2) is 57.7 Å². The SMILES string of the molecule is CC(=O)c1cc(N=Nc2ccc(/C=C/c3ccc(N=Nc4cc(O)c5ncccc5c4C(C)=O)cc3S(=O)(=O)O)c(S(=O)(=O)O)c2)c(O)c2ncccc12.[Na+]. The second-order valence-corrected chi connectivity index (χ2v) is 14.4. The molecule has 19 heteroatoms. The van der Waals surface area contributed by atoms with E-state index in [2.05, 4.69) is 30.4 Å². The Balaban J connectivity index is 0.00000580. The fraction of sp³-hybridized carbons (Fsp3) is 0.0556. The van der Waals surface area contributed by atoms with Crippen LogP contribution in [0.1, 0.15) is 45.7 Å². The smallest absolute Gasteiger partial charge is 0.506 e. The Morgan fingerprint density at radius 3 is 1.65 bits per heavy atom. The van der Waals surface area contributed by atoms with E-state index in [4.69, 9.17) is 0 Å². The van der Waals surface area contributed by atoms with Gasteiger partial charge >= 0.3 is 29.6 Å². The molecule has 0 radical (unpaired) electrons. The summed E-state index contributed by atoms with van der Waals surface area (Å²) in [6, 6.07) is 15.9. The van der Waals surface area contributed by atoms with Gasteiger partial charge in [0.2, 0.25) is 0 Å². The molecule has 0 atom stereocenters. The van der Waals surface area contributed by atoms with Crippen molar-refractivity contribution in [2.45, 2.75) is 23.6 Å². The molecule has 2 heterocycles. The number of Topliss-reactive ketones (excluding diaryl/α,β-unsaturated/α-hetero) is 2. The number of hydrogen-bond acceptors (Lipinski definition) is 14. The normalized spacial score (nSPS) is 12.2. The zero-order valence-corrected chi connectivity index (χ0v) is 32.6. The maximum Gasteiger partial charge on any atom is 1.00 e. The van der Waals surface area contributed by atoms with Crippen molar-refractivity contribution < 1.29 is 75.3 Å². The monoisotopic (exact) mass is 789 g/mol. The van der Waals surface area contributed by atoms with E-state index >= 15 is 0 Å². The molecule has 0 aliphatic rings. The molecule has 0 fully saturated rings. The van der Waals surface area contributed by atoms with Gasteiger partial charge in [0.15, 0.2) is 17.3 Å². The number of aromatic nitrogens is 2. The predicted molar refractivity (Wildman–Crippen MR) is 197 cm³/mol. The van der Waals surface area contributed by atoms with Gasteiger partial charge in [-0.05, 0) is 67.4 Å². The minimum absolute atomic E-state index is 0. The minimum atomic E-state index is -4.90. The maximum absolute atomic E-state index is 12.5. The van der Waals surface area contributed by atoms with Crippen molar-refractivity contribution in [1.29, 1.82) is 0 Å². The number of azo groups is 2. The summed E-state index contributed by atoms with van der Waals surface area (Å²) in [5.74, 6) is -1.36. The first kappa shape index (κ1) is 40.6.